The van der Waals surface area contributed by atoms with Crippen molar-refractivity contribution in [3.05, 3.63) is 0 Å². The van der Waals surface area contributed by atoms with Crippen molar-refractivity contribution in [2.45, 2.75) is 65.0 Å². The van der Waals surface area contributed by atoms with Gasteiger partial charge < -0.3 is 15.8 Å². The Kier molecular flexibility index (Phi) is 7.46. The van der Waals surface area contributed by atoms with Crippen LogP contribution in [0.25, 0.3) is 0 Å². The van der Waals surface area contributed by atoms with Crippen molar-refractivity contribution >= 4 is 6.09 Å². The first-order chi connectivity index (χ1) is 9.85. The zero-order chi connectivity index (χ0) is 15.9. The van der Waals surface area contributed by atoms with Crippen molar-refractivity contribution in [2.75, 3.05) is 26.2 Å². The van der Waals surface area contributed by atoms with Crippen molar-refractivity contribution < 1.29 is 9.53 Å². The van der Waals surface area contributed by atoms with E-state index in [0.29, 0.717) is 19.1 Å². The summed E-state index contributed by atoms with van der Waals surface area (Å²) in [6, 6.07) is 0.348. The summed E-state index contributed by atoms with van der Waals surface area (Å²) in [5.41, 5.74) is 5.49. The molecule has 1 aliphatic carbocycles. The number of carbonyl (C=O) groups excluding carboxylic acids is 1. The van der Waals surface area contributed by atoms with Gasteiger partial charge in [0.15, 0.2) is 0 Å². The number of rotatable bonds is 9. The van der Waals surface area contributed by atoms with E-state index in [1.54, 1.807) is 0 Å². The summed E-state index contributed by atoms with van der Waals surface area (Å²) in [6.45, 7) is 11.3. The zero-order valence-corrected chi connectivity index (χ0v) is 14.2. The van der Waals surface area contributed by atoms with Gasteiger partial charge >= 0.3 is 6.09 Å². The Hall–Kier alpha value is -0.810. The van der Waals surface area contributed by atoms with Gasteiger partial charge in [0.1, 0.15) is 5.60 Å². The minimum absolute atomic E-state index is 0.345. The molecule has 0 spiro atoms. The van der Waals surface area contributed by atoms with E-state index in [-0.39, 0.29) is 6.09 Å². The average molecular weight is 299 g/mol. The van der Waals surface area contributed by atoms with Crippen LogP contribution < -0.4 is 11.1 Å². The topological polar surface area (TPSA) is 67.6 Å². The van der Waals surface area contributed by atoms with Crippen molar-refractivity contribution in [3.8, 4) is 0 Å². The molecule has 1 saturated carbocycles. The highest BCUT2D eigenvalue weighted by molar-refractivity contribution is 5.67. The van der Waals surface area contributed by atoms with Gasteiger partial charge in [-0.2, -0.15) is 0 Å². The third kappa shape index (κ3) is 8.27. The van der Waals surface area contributed by atoms with Crippen molar-refractivity contribution in [1.82, 2.24) is 10.2 Å². The van der Waals surface area contributed by atoms with Crippen molar-refractivity contribution in [1.29, 1.82) is 0 Å². The number of ether oxygens (including phenoxy) is 1. The molecule has 0 saturated heterocycles. The number of carbonyl (C=O) groups is 1. The molecule has 5 heteroatoms. The summed E-state index contributed by atoms with van der Waals surface area (Å²) in [6.07, 6.45) is 4.38. The lowest BCUT2D eigenvalue weighted by Crippen LogP contribution is -2.44. The third-order valence-corrected chi connectivity index (χ3v) is 3.63. The highest BCUT2D eigenvalue weighted by Crippen LogP contribution is 2.30. The van der Waals surface area contributed by atoms with E-state index in [1.807, 2.05) is 20.8 Å². The van der Waals surface area contributed by atoms with Crippen LogP contribution >= 0.6 is 0 Å². The molecular formula is C16H33N3O2. The Morgan fingerprint density at radius 1 is 1.43 bits per heavy atom. The summed E-state index contributed by atoms with van der Waals surface area (Å²) >= 11 is 0. The minimum atomic E-state index is -0.447. The van der Waals surface area contributed by atoms with Crippen LogP contribution in [0.5, 0.6) is 0 Å². The van der Waals surface area contributed by atoms with Crippen LogP contribution in [0.4, 0.5) is 4.79 Å². The zero-order valence-electron chi connectivity index (χ0n) is 14.2. The van der Waals surface area contributed by atoms with Crippen molar-refractivity contribution in [2.24, 2.45) is 11.7 Å². The van der Waals surface area contributed by atoms with E-state index in [9.17, 15) is 4.79 Å². The molecule has 21 heavy (non-hydrogen) atoms. The van der Waals surface area contributed by atoms with Gasteiger partial charge in [-0.1, -0.05) is 6.92 Å². The number of hydrogen-bond donors (Lipinski definition) is 2. The largest absolute Gasteiger partial charge is 0.444 e. The van der Waals surface area contributed by atoms with Gasteiger partial charge in [0.05, 0.1) is 0 Å². The van der Waals surface area contributed by atoms with Gasteiger partial charge in [-0.3, -0.25) is 4.90 Å². The molecule has 0 heterocycles. The molecule has 5 nitrogen and oxygen atoms in total. The molecule has 0 aromatic heterocycles. The Bertz CT molecular complexity index is 311. The van der Waals surface area contributed by atoms with Gasteiger partial charge in [0.25, 0.3) is 0 Å². The molecule has 124 valence electrons. The first-order valence-electron chi connectivity index (χ1n) is 8.26. The van der Waals surface area contributed by atoms with Crippen molar-refractivity contribution in [3.63, 3.8) is 0 Å². The van der Waals surface area contributed by atoms with Crippen LogP contribution in [-0.2, 0) is 4.74 Å². The van der Waals surface area contributed by atoms with Crippen LogP contribution in [0.1, 0.15) is 53.4 Å². The van der Waals surface area contributed by atoms with Gasteiger partial charge in [0, 0.05) is 25.7 Å². The lowest BCUT2D eigenvalue weighted by Gasteiger charge is -2.31. The van der Waals surface area contributed by atoms with E-state index in [2.05, 4.69) is 17.1 Å². The van der Waals surface area contributed by atoms with E-state index in [1.165, 1.54) is 12.8 Å². The molecule has 0 bridgehead atoms. The maximum Gasteiger partial charge on any atom is 0.407 e. The van der Waals surface area contributed by atoms with Gasteiger partial charge in [-0.25, -0.2) is 4.79 Å². The van der Waals surface area contributed by atoms with E-state index >= 15 is 0 Å². The highest BCUT2D eigenvalue weighted by Gasteiger charge is 2.27. The monoisotopic (exact) mass is 299 g/mol. The van der Waals surface area contributed by atoms with E-state index in [4.69, 9.17) is 10.5 Å². The first-order valence-corrected chi connectivity index (χ1v) is 8.26. The molecule has 1 amide bonds. The smallest absolute Gasteiger partial charge is 0.407 e. The second-order valence-corrected chi connectivity index (χ2v) is 7.05. The Morgan fingerprint density at radius 2 is 2.10 bits per heavy atom. The quantitative estimate of drug-likeness (QED) is 0.686. The summed E-state index contributed by atoms with van der Waals surface area (Å²) < 4.78 is 5.24. The summed E-state index contributed by atoms with van der Waals surface area (Å²) in [5.74, 6) is 0.865. The molecule has 3 N–H and O–H groups in total. The van der Waals surface area contributed by atoms with E-state index < -0.39 is 5.60 Å². The third-order valence-electron chi connectivity index (χ3n) is 3.63. The molecule has 1 aliphatic rings. The molecule has 1 rings (SSSR count). The maximum atomic E-state index is 11.6. The standard InChI is InChI=1S/C16H33N3O2/c1-5-10-19(12-13-6-7-13)14(11-17)8-9-18-15(20)21-16(2,3)4/h13-14H,5-12,17H2,1-4H3,(H,18,20). The Morgan fingerprint density at radius 3 is 2.57 bits per heavy atom. The number of alkyl carbamates (subject to hydrolysis) is 1. The fourth-order valence-electron chi connectivity index (χ4n) is 2.45. The second kappa shape index (κ2) is 8.59. The summed E-state index contributed by atoms with van der Waals surface area (Å²) in [7, 11) is 0. The number of nitrogens with zero attached hydrogens (tertiary/aromatic N) is 1. The number of nitrogens with two attached hydrogens (primary N) is 1. The predicted molar refractivity (Wildman–Crippen MR) is 86.3 cm³/mol. The number of hydrogen-bond acceptors (Lipinski definition) is 4. The number of amides is 1. The van der Waals surface area contributed by atoms with Crippen LogP contribution in [0.3, 0.4) is 0 Å². The van der Waals surface area contributed by atoms with Gasteiger partial charge in [-0.15, -0.1) is 0 Å². The average Bonchev–Trinajstić information content (AvgIpc) is 3.16. The molecule has 0 aromatic carbocycles. The normalized spacial score (nSPS) is 16.9. The second-order valence-electron chi connectivity index (χ2n) is 7.05. The van der Waals surface area contributed by atoms with E-state index in [0.717, 1.165) is 31.8 Å². The van der Waals surface area contributed by atoms with Gasteiger partial charge in [-0.05, 0) is 58.9 Å². The van der Waals surface area contributed by atoms with Crippen LogP contribution in [0, 0.1) is 5.92 Å². The molecular weight excluding hydrogens is 266 g/mol. The molecule has 1 unspecified atom stereocenters. The predicted octanol–water partition coefficient (Wildman–Crippen LogP) is 2.35. The lowest BCUT2D eigenvalue weighted by atomic mass is 10.1. The fourth-order valence-corrected chi connectivity index (χ4v) is 2.45. The molecule has 0 aromatic rings. The SMILES string of the molecule is CCCN(CC1CC1)C(CN)CCNC(=O)OC(C)(C)C. The Labute approximate surface area is 129 Å². The fraction of sp³-hybridized carbons (Fsp3) is 0.938. The summed E-state index contributed by atoms with van der Waals surface area (Å²) in [4.78, 5) is 14.1. The lowest BCUT2D eigenvalue weighted by molar-refractivity contribution is 0.0521. The molecule has 1 fully saturated rings. The van der Waals surface area contributed by atoms with Gasteiger partial charge in [0.2, 0.25) is 0 Å². The number of nitrogens with one attached hydrogen (secondary N) is 1. The molecule has 1 atom stereocenters. The van der Waals surface area contributed by atoms with Crippen LogP contribution in [0.2, 0.25) is 0 Å². The molecule has 0 aliphatic heterocycles. The molecule has 0 radical (unpaired) electrons. The maximum absolute atomic E-state index is 11.6. The first kappa shape index (κ1) is 18.2. The van der Waals surface area contributed by atoms with Crippen LogP contribution in [-0.4, -0.2) is 48.8 Å². The Balaban J connectivity index is 2.32. The summed E-state index contributed by atoms with van der Waals surface area (Å²) in [5, 5.41) is 2.83. The minimum Gasteiger partial charge on any atom is -0.444 e. The highest BCUT2D eigenvalue weighted by atomic mass is 16.6. The van der Waals surface area contributed by atoms with Crippen LogP contribution in [0.15, 0.2) is 0 Å².